The summed E-state index contributed by atoms with van der Waals surface area (Å²) in [6.45, 7) is 6.01. The number of aromatic hydroxyl groups is 1. The molecule has 4 aliphatic heterocycles. The van der Waals surface area contributed by atoms with E-state index < -0.39 is 47.9 Å². The van der Waals surface area contributed by atoms with E-state index in [0.29, 0.717) is 23.3 Å². The van der Waals surface area contributed by atoms with Crippen LogP contribution < -0.4 is 5.32 Å². The smallest absolute Gasteiger partial charge is 0.326 e. The molecule has 42 heavy (non-hydrogen) atoms. The van der Waals surface area contributed by atoms with Gasteiger partial charge in [0.15, 0.2) is 11.9 Å². The summed E-state index contributed by atoms with van der Waals surface area (Å²) in [5, 5.41) is 22.7. The van der Waals surface area contributed by atoms with E-state index in [1.807, 2.05) is 13.8 Å². The fourth-order valence-corrected chi connectivity index (χ4v) is 7.43. The summed E-state index contributed by atoms with van der Waals surface area (Å²) in [6, 6.07) is 3.52. The van der Waals surface area contributed by atoms with Crippen molar-refractivity contribution in [2.45, 2.75) is 95.7 Å². The Kier molecular flexibility index (Phi) is 7.45. The Morgan fingerprint density at radius 3 is 2.74 bits per heavy atom. The molecule has 0 radical (unpaired) electrons. The van der Waals surface area contributed by atoms with Gasteiger partial charge in [-0.2, -0.15) is 0 Å². The van der Waals surface area contributed by atoms with Gasteiger partial charge in [0.25, 0.3) is 0 Å². The van der Waals surface area contributed by atoms with Gasteiger partial charge in [-0.25, -0.2) is 14.6 Å². The van der Waals surface area contributed by atoms with Gasteiger partial charge < -0.3 is 34.7 Å². The van der Waals surface area contributed by atoms with E-state index in [0.717, 1.165) is 24.8 Å². The number of amides is 1. The number of esters is 1. The van der Waals surface area contributed by atoms with Gasteiger partial charge in [-0.05, 0) is 61.8 Å². The molecule has 5 fully saturated rings. The number of carboxylic acids is 1. The number of phenols is 1. The Hall–Kier alpha value is -3.19. The van der Waals surface area contributed by atoms with Crippen molar-refractivity contribution in [3.63, 3.8) is 0 Å². The number of carbonyl (C=O) groups is 3. The van der Waals surface area contributed by atoms with Gasteiger partial charge in [-0.15, -0.1) is 0 Å². The van der Waals surface area contributed by atoms with Crippen molar-refractivity contribution in [1.29, 1.82) is 0 Å². The van der Waals surface area contributed by atoms with Crippen LogP contribution in [0.4, 0.5) is 0 Å². The SMILES string of the molecule is C[C@H]1[C@H](OC(=O)CCC(=O)N[C@@H](Cc2c[nH]c3ccc(O)cc23)C(=O)O)O[C@@H]2O[C@@]3(C)CC[C@H]4[C@H](C)CC[C@@H]1[C@]24OO3. The molecule has 1 amide bonds. The minimum atomic E-state index is -1.22. The number of nitrogens with one attached hydrogen (secondary N) is 2. The van der Waals surface area contributed by atoms with E-state index in [4.69, 9.17) is 24.0 Å². The van der Waals surface area contributed by atoms with Crippen molar-refractivity contribution in [1.82, 2.24) is 10.3 Å². The van der Waals surface area contributed by atoms with E-state index in [-0.39, 0.29) is 42.8 Å². The number of rotatable bonds is 8. The number of aliphatic carboxylic acids is 1. The lowest BCUT2D eigenvalue weighted by Crippen LogP contribution is -2.70. The highest BCUT2D eigenvalue weighted by atomic mass is 17.3. The number of fused-ring (bicyclic) bond motifs is 3. The molecular weight excluding hydrogens is 548 g/mol. The van der Waals surface area contributed by atoms with Crippen LogP contribution in [-0.2, 0) is 44.8 Å². The van der Waals surface area contributed by atoms with Crippen molar-refractivity contribution in [3.05, 3.63) is 30.0 Å². The summed E-state index contributed by atoms with van der Waals surface area (Å²) in [7, 11) is 0. The molecular formula is C30H38N2O10. The zero-order valence-corrected chi connectivity index (χ0v) is 24.0. The van der Waals surface area contributed by atoms with Crippen LogP contribution in [0.5, 0.6) is 5.75 Å². The van der Waals surface area contributed by atoms with Gasteiger partial charge in [0.1, 0.15) is 11.8 Å². The number of ether oxygens (including phenoxy) is 3. The van der Waals surface area contributed by atoms with E-state index in [1.54, 1.807) is 12.3 Å². The standard InChI is InChI=1S/C30H38N2O10/c1-15-4-6-21-16(2)27(39-28-30(21)20(15)10-11-29(3,40-28)41-42-30)38-25(35)9-8-24(34)32-23(26(36)37)12-17-14-31-22-7-5-18(33)13-19(17)22/h5,7,13-16,20-21,23,27-28,31,33H,4,6,8-12H2,1-3H3,(H,32,34)(H,36,37)/t15-,16-,20+,21+,23+,27-,28-,29-,30+/m1/s1. The number of hydrogen-bond donors (Lipinski definition) is 4. The maximum absolute atomic E-state index is 12.9. The first-order valence-corrected chi connectivity index (χ1v) is 14.7. The van der Waals surface area contributed by atoms with Crippen molar-refractivity contribution in [3.8, 4) is 5.75 Å². The minimum absolute atomic E-state index is 0.00273. The maximum Gasteiger partial charge on any atom is 0.326 e. The number of aromatic nitrogens is 1. The fourth-order valence-electron chi connectivity index (χ4n) is 7.43. The van der Waals surface area contributed by atoms with Crippen LogP contribution >= 0.6 is 0 Å². The molecule has 5 heterocycles. The first-order valence-electron chi connectivity index (χ1n) is 14.7. The molecule has 5 aliphatic rings. The molecule has 0 unspecified atom stereocenters. The Morgan fingerprint density at radius 1 is 1.14 bits per heavy atom. The molecule has 2 bridgehead atoms. The second-order valence-corrected chi connectivity index (χ2v) is 12.5. The van der Waals surface area contributed by atoms with E-state index in [1.165, 1.54) is 12.1 Å². The lowest BCUT2D eigenvalue weighted by molar-refractivity contribution is -0.576. The van der Waals surface area contributed by atoms with E-state index in [2.05, 4.69) is 17.2 Å². The van der Waals surface area contributed by atoms with Crippen LogP contribution in [0.25, 0.3) is 10.9 Å². The molecule has 1 aromatic heterocycles. The van der Waals surface area contributed by atoms with Gasteiger partial charge >= 0.3 is 11.9 Å². The minimum Gasteiger partial charge on any atom is -0.508 e. The quantitative estimate of drug-likeness (QED) is 0.266. The predicted molar refractivity (Wildman–Crippen MR) is 145 cm³/mol. The molecule has 1 aromatic carbocycles. The lowest BCUT2D eigenvalue weighted by atomic mass is 9.58. The second kappa shape index (κ2) is 10.8. The first kappa shape index (κ1) is 28.9. The zero-order valence-electron chi connectivity index (χ0n) is 24.0. The summed E-state index contributed by atoms with van der Waals surface area (Å²) in [5.41, 5.74) is 0.594. The van der Waals surface area contributed by atoms with Gasteiger partial charge in [0, 0.05) is 48.2 Å². The number of aromatic amines is 1. The molecule has 9 atom stereocenters. The number of carbonyl (C=O) groups excluding carboxylic acids is 2. The summed E-state index contributed by atoms with van der Waals surface area (Å²) in [4.78, 5) is 52.4. The molecule has 4 N–H and O–H groups in total. The van der Waals surface area contributed by atoms with Crippen LogP contribution in [0.1, 0.15) is 64.9 Å². The number of carboxylic acid groups (broad SMARTS) is 1. The Labute approximate surface area is 242 Å². The Bertz CT molecular complexity index is 1380. The van der Waals surface area contributed by atoms with Crippen molar-refractivity contribution in [2.24, 2.45) is 23.7 Å². The van der Waals surface area contributed by atoms with Gasteiger partial charge in [-0.3, -0.25) is 9.59 Å². The van der Waals surface area contributed by atoms with Gasteiger partial charge in [-0.1, -0.05) is 13.8 Å². The summed E-state index contributed by atoms with van der Waals surface area (Å²) < 4.78 is 18.3. The topological polar surface area (TPSA) is 166 Å². The number of hydrogen-bond acceptors (Lipinski definition) is 9. The third kappa shape index (κ3) is 5.04. The molecule has 1 aliphatic carbocycles. The Balaban J connectivity index is 1.07. The average molecular weight is 587 g/mol. The molecule has 228 valence electrons. The lowest BCUT2D eigenvalue weighted by Gasteiger charge is -2.59. The van der Waals surface area contributed by atoms with E-state index in [9.17, 15) is 24.6 Å². The number of benzene rings is 1. The molecule has 4 saturated heterocycles. The second-order valence-electron chi connectivity index (χ2n) is 12.5. The van der Waals surface area contributed by atoms with Gasteiger partial charge in [0.2, 0.25) is 18.0 Å². The van der Waals surface area contributed by atoms with Crippen molar-refractivity contribution < 1.29 is 48.6 Å². The van der Waals surface area contributed by atoms with Gasteiger partial charge in [0.05, 0.1) is 6.42 Å². The highest BCUT2D eigenvalue weighted by Crippen LogP contribution is 2.60. The van der Waals surface area contributed by atoms with Crippen LogP contribution in [0.15, 0.2) is 24.4 Å². The molecule has 1 spiro atoms. The summed E-state index contributed by atoms with van der Waals surface area (Å²) >= 11 is 0. The highest BCUT2D eigenvalue weighted by molar-refractivity contribution is 5.88. The van der Waals surface area contributed by atoms with Crippen LogP contribution in [0, 0.1) is 23.7 Å². The van der Waals surface area contributed by atoms with Crippen LogP contribution in [0.3, 0.4) is 0 Å². The number of phenolic OH excluding ortho intramolecular Hbond substituents is 1. The summed E-state index contributed by atoms with van der Waals surface area (Å²) in [6.07, 6.45) is 2.94. The zero-order chi connectivity index (χ0) is 29.8. The molecule has 7 rings (SSSR count). The van der Waals surface area contributed by atoms with E-state index >= 15 is 0 Å². The largest absolute Gasteiger partial charge is 0.508 e. The summed E-state index contributed by atoms with van der Waals surface area (Å²) in [5.74, 6) is -2.94. The molecule has 2 aromatic rings. The first-order chi connectivity index (χ1) is 20.0. The van der Waals surface area contributed by atoms with Crippen molar-refractivity contribution >= 4 is 28.7 Å². The van der Waals surface area contributed by atoms with Crippen LogP contribution in [-0.4, -0.2) is 63.1 Å². The number of H-pyrrole nitrogens is 1. The normalized spacial score (nSPS) is 36.1. The highest BCUT2D eigenvalue weighted by Gasteiger charge is 2.69. The predicted octanol–water partition coefficient (Wildman–Crippen LogP) is 3.52. The van der Waals surface area contributed by atoms with Crippen LogP contribution in [0.2, 0.25) is 0 Å². The monoisotopic (exact) mass is 586 g/mol. The average Bonchev–Trinajstić information content (AvgIpc) is 3.19. The third-order valence-electron chi connectivity index (χ3n) is 9.71. The molecule has 12 nitrogen and oxygen atoms in total. The molecule has 12 heteroatoms. The van der Waals surface area contributed by atoms with Crippen molar-refractivity contribution in [2.75, 3.05) is 0 Å². The maximum atomic E-state index is 12.9. The third-order valence-corrected chi connectivity index (χ3v) is 9.71. The Morgan fingerprint density at radius 2 is 1.95 bits per heavy atom. The molecule has 1 saturated carbocycles. The fraction of sp³-hybridized carbons (Fsp3) is 0.633.